The van der Waals surface area contributed by atoms with Crippen molar-refractivity contribution in [3.05, 3.63) is 34.4 Å². The lowest BCUT2D eigenvalue weighted by Gasteiger charge is -2.18. The first-order valence-corrected chi connectivity index (χ1v) is 13.4. The Morgan fingerprint density at radius 3 is 1.70 bits per heavy atom. The highest BCUT2D eigenvalue weighted by molar-refractivity contribution is 7.00. The summed E-state index contributed by atoms with van der Waals surface area (Å²) in [4.78, 5) is 26.0. The molecule has 0 aromatic heterocycles. The van der Waals surface area contributed by atoms with Crippen LogP contribution in [0.25, 0.3) is 0 Å². The van der Waals surface area contributed by atoms with E-state index in [1.807, 2.05) is 32.9 Å². The first-order valence-electron chi connectivity index (χ1n) is 12.9. The minimum absolute atomic E-state index is 0.0727. The van der Waals surface area contributed by atoms with Gasteiger partial charge >= 0.3 is 15.1 Å². The second-order valence-electron chi connectivity index (χ2n) is 9.18. The molecule has 0 saturated heterocycles. The van der Waals surface area contributed by atoms with Gasteiger partial charge in [0.2, 0.25) is 0 Å². The molecule has 0 saturated carbocycles. The van der Waals surface area contributed by atoms with Crippen molar-refractivity contribution in [3.8, 4) is 0 Å². The number of Topliss-reactive ketones (excluding diaryl/α,β-unsaturated/α-hetero) is 1. The molecule has 0 radical (unpaired) electrons. The summed E-state index contributed by atoms with van der Waals surface area (Å²) in [7, 11) is 1.17. The van der Waals surface area contributed by atoms with Crippen LogP contribution in [0.3, 0.4) is 0 Å². The molecule has 4 nitrogen and oxygen atoms in total. The summed E-state index contributed by atoms with van der Waals surface area (Å²) in [6.07, 6.45) is 14.9. The molecule has 5 heteroatoms. The summed E-state index contributed by atoms with van der Waals surface area (Å²) in [5, 5.41) is 0. The minimum Gasteiger partial charge on any atom is -0.465 e. The molecule has 0 heterocycles. The molecule has 33 heavy (non-hydrogen) atoms. The quantitative estimate of drug-likeness (QED) is 0.0741. The molecular weight excluding hydrogens is 431 g/mol. The Hall–Kier alpha value is -1.54. The number of carbonyl (C=O) groups is 2. The topological polar surface area (TPSA) is 60.4 Å². The molecule has 0 aliphatic carbocycles. The number of hydrogen-bond donors (Lipinski definition) is 0. The van der Waals surface area contributed by atoms with Crippen molar-refractivity contribution in [1.82, 2.24) is 0 Å². The lowest BCUT2D eigenvalue weighted by Crippen LogP contribution is -2.28. The van der Waals surface area contributed by atoms with Crippen molar-refractivity contribution in [1.29, 1.82) is 0 Å². The Morgan fingerprint density at radius 1 is 0.758 bits per heavy atom. The SMILES string of the molecule is CCCCCCCCCCCCOC(=O)C(CCCC)C(=O)c1c(C)cc(C)cc1C.O=[PH2+]. The van der Waals surface area contributed by atoms with Gasteiger partial charge in [-0.05, 0) is 44.7 Å². The lowest BCUT2D eigenvalue weighted by molar-refractivity contribution is -0.147. The third kappa shape index (κ3) is 13.1. The van der Waals surface area contributed by atoms with E-state index in [0.717, 1.165) is 42.4 Å². The number of benzene rings is 1. The summed E-state index contributed by atoms with van der Waals surface area (Å²) in [6, 6.07) is 4.04. The Morgan fingerprint density at radius 2 is 1.21 bits per heavy atom. The van der Waals surface area contributed by atoms with Gasteiger partial charge in [0.05, 0.1) is 6.61 Å². The number of carbonyl (C=O) groups excluding carboxylic acids is 2. The highest BCUT2D eigenvalue weighted by Gasteiger charge is 2.30. The van der Waals surface area contributed by atoms with Crippen LogP contribution >= 0.6 is 9.12 Å². The smallest absolute Gasteiger partial charge is 0.316 e. The second kappa shape index (κ2) is 19.9. The van der Waals surface area contributed by atoms with Crippen molar-refractivity contribution < 1.29 is 18.9 Å². The van der Waals surface area contributed by atoms with E-state index in [9.17, 15) is 9.59 Å². The van der Waals surface area contributed by atoms with Crippen molar-refractivity contribution in [3.63, 3.8) is 0 Å². The van der Waals surface area contributed by atoms with Gasteiger partial charge in [-0.3, -0.25) is 9.59 Å². The van der Waals surface area contributed by atoms with E-state index in [2.05, 4.69) is 13.8 Å². The molecule has 0 aliphatic heterocycles. The average molecular weight is 480 g/mol. The van der Waals surface area contributed by atoms with E-state index in [1.54, 1.807) is 0 Å². The minimum atomic E-state index is -0.678. The van der Waals surface area contributed by atoms with Gasteiger partial charge in [0, 0.05) is 5.56 Å². The van der Waals surface area contributed by atoms with Crippen molar-refractivity contribution in [2.24, 2.45) is 5.92 Å². The number of aryl methyl sites for hydroxylation is 3. The summed E-state index contributed by atoms with van der Waals surface area (Å²) in [6.45, 7) is 10.7. The monoisotopic (exact) mass is 479 g/mol. The Balaban J connectivity index is 0.00000497. The van der Waals surface area contributed by atoms with Gasteiger partial charge in [-0.25, -0.2) is 0 Å². The molecule has 1 aromatic carbocycles. The van der Waals surface area contributed by atoms with Crippen LogP contribution in [0.4, 0.5) is 0 Å². The molecule has 0 amide bonds. The number of unbranched alkanes of at least 4 members (excludes halogenated alkanes) is 10. The zero-order valence-electron chi connectivity index (χ0n) is 21.8. The van der Waals surface area contributed by atoms with Crippen LogP contribution in [-0.4, -0.2) is 18.4 Å². The Kier molecular flexibility index (Phi) is 19.0. The number of hydrogen-bond acceptors (Lipinski definition) is 4. The van der Waals surface area contributed by atoms with Gasteiger partial charge in [-0.15, -0.1) is 0 Å². The van der Waals surface area contributed by atoms with Crippen LogP contribution < -0.4 is 0 Å². The highest BCUT2D eigenvalue weighted by Crippen LogP contribution is 2.24. The first-order chi connectivity index (χ1) is 15.9. The van der Waals surface area contributed by atoms with Crippen LogP contribution in [0.2, 0.25) is 0 Å². The van der Waals surface area contributed by atoms with Crippen LogP contribution in [-0.2, 0) is 14.1 Å². The molecule has 188 valence electrons. The molecule has 1 rings (SSSR count). The third-order valence-electron chi connectivity index (χ3n) is 6.11. The van der Waals surface area contributed by atoms with E-state index in [4.69, 9.17) is 9.30 Å². The normalized spacial score (nSPS) is 11.4. The molecular formula is C28H48O4P+. The van der Waals surface area contributed by atoms with E-state index < -0.39 is 5.92 Å². The van der Waals surface area contributed by atoms with Gasteiger partial charge in [0.25, 0.3) is 0 Å². The molecule has 2 atom stereocenters. The Labute approximate surface area is 204 Å². The van der Waals surface area contributed by atoms with Gasteiger partial charge < -0.3 is 4.74 Å². The molecule has 2 unspecified atom stereocenters. The average Bonchev–Trinajstić information content (AvgIpc) is 2.78. The third-order valence-corrected chi connectivity index (χ3v) is 6.11. The van der Waals surface area contributed by atoms with Crippen LogP contribution in [0, 0.1) is 26.7 Å². The van der Waals surface area contributed by atoms with E-state index in [0.29, 0.717) is 18.6 Å². The molecule has 0 spiro atoms. The van der Waals surface area contributed by atoms with E-state index >= 15 is 0 Å². The maximum atomic E-state index is 13.2. The van der Waals surface area contributed by atoms with Crippen LogP contribution in [0.15, 0.2) is 12.1 Å². The number of ether oxygens (including phenoxy) is 1. The molecule has 0 N–H and O–H groups in total. The second-order valence-corrected chi connectivity index (χ2v) is 9.18. The van der Waals surface area contributed by atoms with Crippen molar-refractivity contribution in [2.45, 2.75) is 118 Å². The zero-order chi connectivity index (χ0) is 25.1. The summed E-state index contributed by atoms with van der Waals surface area (Å²) in [5.74, 6) is -1.09. The van der Waals surface area contributed by atoms with Crippen LogP contribution in [0.1, 0.15) is 124 Å². The fourth-order valence-corrected chi connectivity index (χ4v) is 4.37. The van der Waals surface area contributed by atoms with Crippen molar-refractivity contribution >= 4 is 20.9 Å². The highest BCUT2D eigenvalue weighted by atomic mass is 31.0. The zero-order valence-corrected chi connectivity index (χ0v) is 23.0. The van der Waals surface area contributed by atoms with Gasteiger partial charge in [0.1, 0.15) is 5.92 Å². The fraction of sp³-hybridized carbons (Fsp3) is 0.714. The summed E-state index contributed by atoms with van der Waals surface area (Å²) >= 11 is 0. The number of ketones is 1. The lowest BCUT2D eigenvalue weighted by atomic mass is 9.87. The molecule has 1 aromatic rings. The fourth-order valence-electron chi connectivity index (χ4n) is 4.37. The maximum Gasteiger partial charge on any atom is 0.316 e. The van der Waals surface area contributed by atoms with Gasteiger partial charge in [-0.2, -0.15) is 0 Å². The Bertz CT molecular complexity index is 663. The van der Waals surface area contributed by atoms with E-state index in [-0.39, 0.29) is 11.8 Å². The van der Waals surface area contributed by atoms with Crippen molar-refractivity contribution in [2.75, 3.05) is 6.61 Å². The number of esters is 1. The van der Waals surface area contributed by atoms with E-state index in [1.165, 1.54) is 60.5 Å². The maximum absolute atomic E-state index is 13.2. The summed E-state index contributed by atoms with van der Waals surface area (Å²) in [5.41, 5.74) is 3.74. The van der Waals surface area contributed by atoms with Gasteiger partial charge in [0.15, 0.2) is 5.78 Å². The van der Waals surface area contributed by atoms with Gasteiger partial charge in [-0.1, -0.05) is 107 Å². The predicted octanol–water partition coefficient (Wildman–Crippen LogP) is 8.27. The molecule has 0 fully saturated rings. The summed E-state index contributed by atoms with van der Waals surface area (Å²) < 4.78 is 13.7. The first kappa shape index (κ1) is 31.5. The standard InChI is InChI=1S/C28H46O3.H2OP/c1-6-8-10-11-12-13-14-15-16-17-19-31-28(30)25(18-9-7-2)27(29)26-23(4)20-22(3)21-24(26)5;1-2/h20-21,25H,6-19H2,1-5H3;2H2/q;+1. The van der Waals surface area contributed by atoms with Crippen LogP contribution in [0.5, 0.6) is 0 Å². The number of rotatable bonds is 17. The molecule has 0 aliphatic rings. The largest absolute Gasteiger partial charge is 0.465 e. The molecule has 0 bridgehead atoms. The predicted molar refractivity (Wildman–Crippen MR) is 141 cm³/mol.